The predicted octanol–water partition coefficient (Wildman–Crippen LogP) is 8.32. The Morgan fingerprint density at radius 2 is 1.45 bits per heavy atom. The van der Waals surface area contributed by atoms with E-state index in [1.54, 1.807) is 0 Å². The van der Waals surface area contributed by atoms with E-state index in [2.05, 4.69) is 38.1 Å². The van der Waals surface area contributed by atoms with Crippen LogP contribution >= 0.6 is 11.6 Å². The molecule has 1 aliphatic rings. The molecule has 0 N–H and O–H groups in total. The Kier molecular flexibility index (Phi) is 10.8. The molecule has 0 aliphatic carbocycles. The maximum atomic E-state index is 6.23. The third-order valence-corrected chi connectivity index (χ3v) is 6.18. The quantitative estimate of drug-likeness (QED) is 0.261. The van der Waals surface area contributed by atoms with Crippen LogP contribution < -0.4 is 9.47 Å². The molecule has 0 saturated heterocycles. The van der Waals surface area contributed by atoms with Gasteiger partial charge in [0.25, 0.3) is 0 Å². The maximum Gasteiger partial charge on any atom is 0.161 e. The number of nitrogens with zero attached hydrogens (tertiary/aromatic N) is 1. The average molecular weight is 468 g/mol. The highest BCUT2D eigenvalue weighted by atomic mass is 35.5. The van der Waals surface area contributed by atoms with Gasteiger partial charge >= 0.3 is 0 Å². The zero-order chi connectivity index (χ0) is 23.3. The van der Waals surface area contributed by atoms with E-state index in [4.69, 9.17) is 26.1 Å². The van der Waals surface area contributed by atoms with Crippen molar-refractivity contribution in [3.8, 4) is 11.5 Å². The Bertz CT molecular complexity index is 918. The number of aliphatic imine (C=N–C) groups is 1. The standard InChI is InChI=1S/C29H38ClNO2/c1-3-5-7-9-19-32-28-21-24-17-18-31-27(16-13-23-11-14-25(30)15-12-23)26(24)22-29(28)33-20-10-8-6-4-2/h11-16,21-22H,3-10,17-20H2,1-2H3. The lowest BCUT2D eigenvalue weighted by Gasteiger charge is -2.20. The molecule has 0 spiro atoms. The second-order valence-corrected chi connectivity index (χ2v) is 9.11. The number of rotatable bonds is 14. The molecule has 1 aliphatic heterocycles. The lowest BCUT2D eigenvalue weighted by molar-refractivity contribution is 0.258. The van der Waals surface area contributed by atoms with Crippen molar-refractivity contribution in [1.29, 1.82) is 0 Å². The average Bonchev–Trinajstić information content (AvgIpc) is 2.83. The molecule has 3 nitrogen and oxygen atoms in total. The van der Waals surface area contributed by atoms with Crippen molar-refractivity contribution in [2.24, 2.45) is 4.99 Å². The molecule has 4 heteroatoms. The molecule has 2 aromatic rings. The molecule has 1 heterocycles. The summed E-state index contributed by atoms with van der Waals surface area (Å²) in [5.41, 5.74) is 4.53. The van der Waals surface area contributed by atoms with Gasteiger partial charge in [0, 0.05) is 17.1 Å². The first-order chi connectivity index (χ1) is 16.2. The Morgan fingerprint density at radius 1 is 0.818 bits per heavy atom. The van der Waals surface area contributed by atoms with Gasteiger partial charge in [0.2, 0.25) is 0 Å². The normalized spacial score (nSPS) is 13.1. The number of allylic oxidation sites excluding steroid dienone is 1. The largest absolute Gasteiger partial charge is 0.490 e. The molecular weight excluding hydrogens is 430 g/mol. The van der Waals surface area contributed by atoms with E-state index in [0.717, 1.165) is 72.4 Å². The monoisotopic (exact) mass is 467 g/mol. The van der Waals surface area contributed by atoms with Gasteiger partial charge < -0.3 is 9.47 Å². The smallest absolute Gasteiger partial charge is 0.161 e. The molecular formula is C29H38ClNO2. The highest BCUT2D eigenvalue weighted by molar-refractivity contribution is 6.30. The van der Waals surface area contributed by atoms with Crippen LogP contribution in [0.1, 0.15) is 81.9 Å². The Hall–Kier alpha value is -2.26. The molecule has 3 rings (SSSR count). The van der Waals surface area contributed by atoms with Gasteiger partial charge in [-0.2, -0.15) is 0 Å². The fraction of sp³-hybridized carbons (Fsp3) is 0.483. The molecule has 0 radical (unpaired) electrons. The van der Waals surface area contributed by atoms with E-state index >= 15 is 0 Å². The van der Waals surface area contributed by atoms with Crippen LogP contribution in [-0.2, 0) is 6.42 Å². The summed E-state index contributed by atoms with van der Waals surface area (Å²) in [5, 5.41) is 0.746. The van der Waals surface area contributed by atoms with Crippen molar-refractivity contribution in [2.45, 2.75) is 71.6 Å². The number of ether oxygens (including phenoxy) is 2. The highest BCUT2D eigenvalue weighted by Crippen LogP contribution is 2.34. The van der Waals surface area contributed by atoms with Crippen LogP contribution in [0.5, 0.6) is 11.5 Å². The highest BCUT2D eigenvalue weighted by Gasteiger charge is 2.18. The van der Waals surface area contributed by atoms with Gasteiger partial charge in [-0.25, -0.2) is 0 Å². The van der Waals surface area contributed by atoms with Crippen LogP contribution in [0.25, 0.3) is 6.08 Å². The summed E-state index contributed by atoms with van der Waals surface area (Å²) < 4.78 is 12.4. The summed E-state index contributed by atoms with van der Waals surface area (Å²) in [6.45, 7) is 6.71. The van der Waals surface area contributed by atoms with E-state index in [9.17, 15) is 0 Å². The Morgan fingerprint density at radius 3 is 2.09 bits per heavy atom. The van der Waals surface area contributed by atoms with Crippen LogP contribution in [0.2, 0.25) is 5.02 Å². The zero-order valence-corrected chi connectivity index (χ0v) is 21.0. The third kappa shape index (κ3) is 8.23. The molecule has 178 valence electrons. The topological polar surface area (TPSA) is 30.8 Å². The van der Waals surface area contributed by atoms with Gasteiger partial charge in [-0.15, -0.1) is 0 Å². The van der Waals surface area contributed by atoms with Gasteiger partial charge in [0.1, 0.15) is 0 Å². The van der Waals surface area contributed by atoms with Crippen molar-refractivity contribution in [1.82, 2.24) is 0 Å². The SMILES string of the molecule is CCCCCCOc1cc2c(cc1OCCCCCC)C(C=Cc1ccc(Cl)cc1)=NCC2. The zero-order valence-electron chi connectivity index (χ0n) is 20.2. The lowest BCUT2D eigenvalue weighted by Crippen LogP contribution is -2.13. The van der Waals surface area contributed by atoms with E-state index < -0.39 is 0 Å². The summed E-state index contributed by atoms with van der Waals surface area (Å²) in [6.07, 6.45) is 14.6. The lowest BCUT2D eigenvalue weighted by atomic mass is 9.96. The molecule has 0 amide bonds. The van der Waals surface area contributed by atoms with Crippen molar-refractivity contribution in [2.75, 3.05) is 19.8 Å². The number of halogens is 1. The minimum Gasteiger partial charge on any atom is -0.490 e. The van der Waals surface area contributed by atoms with E-state index in [-0.39, 0.29) is 0 Å². The first kappa shape index (κ1) is 25.4. The van der Waals surface area contributed by atoms with Crippen molar-refractivity contribution < 1.29 is 9.47 Å². The van der Waals surface area contributed by atoms with Crippen molar-refractivity contribution >= 4 is 23.4 Å². The first-order valence-corrected chi connectivity index (χ1v) is 13.0. The molecule has 0 saturated carbocycles. The summed E-state index contributed by atoms with van der Waals surface area (Å²) in [7, 11) is 0. The molecule has 0 unspecified atom stereocenters. The van der Waals surface area contributed by atoms with E-state index in [1.807, 2.05) is 24.3 Å². The molecule has 0 aromatic heterocycles. The fourth-order valence-corrected chi connectivity index (χ4v) is 4.09. The molecule has 33 heavy (non-hydrogen) atoms. The van der Waals surface area contributed by atoms with Crippen LogP contribution in [0.4, 0.5) is 0 Å². The molecule has 0 atom stereocenters. The predicted molar refractivity (Wildman–Crippen MR) is 141 cm³/mol. The molecule has 2 aromatic carbocycles. The number of hydrogen-bond acceptors (Lipinski definition) is 3. The number of unbranched alkanes of at least 4 members (excludes halogenated alkanes) is 6. The van der Waals surface area contributed by atoms with Crippen LogP contribution in [0, 0.1) is 0 Å². The number of benzene rings is 2. The Labute approximate surface area is 204 Å². The van der Waals surface area contributed by atoms with Crippen LogP contribution in [-0.4, -0.2) is 25.5 Å². The minimum atomic E-state index is 0.720. The minimum absolute atomic E-state index is 0.720. The molecule has 0 fully saturated rings. The van der Waals surface area contributed by atoms with Crippen molar-refractivity contribution in [3.05, 3.63) is 64.2 Å². The van der Waals surface area contributed by atoms with Gasteiger partial charge in [0.05, 0.1) is 18.9 Å². The molecule has 0 bridgehead atoms. The van der Waals surface area contributed by atoms with Gasteiger partial charge in [-0.05, 0) is 60.7 Å². The Balaban J connectivity index is 1.76. The summed E-state index contributed by atoms with van der Waals surface area (Å²) in [6, 6.07) is 12.2. The third-order valence-electron chi connectivity index (χ3n) is 5.92. The van der Waals surface area contributed by atoms with Crippen LogP contribution in [0.3, 0.4) is 0 Å². The summed E-state index contributed by atoms with van der Waals surface area (Å²) in [5.74, 6) is 1.72. The van der Waals surface area contributed by atoms with E-state index in [1.165, 1.54) is 44.1 Å². The van der Waals surface area contributed by atoms with Crippen molar-refractivity contribution in [3.63, 3.8) is 0 Å². The van der Waals surface area contributed by atoms with Gasteiger partial charge in [0.15, 0.2) is 11.5 Å². The second kappa shape index (κ2) is 14.1. The number of hydrogen-bond donors (Lipinski definition) is 0. The van der Waals surface area contributed by atoms with Crippen LogP contribution in [0.15, 0.2) is 47.5 Å². The summed E-state index contributed by atoms with van der Waals surface area (Å²) >= 11 is 6.02. The second-order valence-electron chi connectivity index (χ2n) is 8.68. The fourth-order valence-electron chi connectivity index (χ4n) is 3.97. The summed E-state index contributed by atoms with van der Waals surface area (Å²) in [4.78, 5) is 4.80. The van der Waals surface area contributed by atoms with E-state index in [0.29, 0.717) is 0 Å². The first-order valence-electron chi connectivity index (χ1n) is 12.6. The van der Waals surface area contributed by atoms with Gasteiger partial charge in [-0.1, -0.05) is 82.2 Å². The maximum absolute atomic E-state index is 6.23. The number of fused-ring (bicyclic) bond motifs is 1. The van der Waals surface area contributed by atoms with Gasteiger partial charge in [-0.3, -0.25) is 4.99 Å².